The van der Waals surface area contributed by atoms with E-state index in [-0.39, 0.29) is 18.1 Å². The first-order valence-corrected chi connectivity index (χ1v) is 8.34. The van der Waals surface area contributed by atoms with Crippen molar-refractivity contribution in [3.8, 4) is 0 Å². The Balaban J connectivity index is 1.83. The van der Waals surface area contributed by atoms with Crippen molar-refractivity contribution in [1.82, 2.24) is 5.32 Å². The van der Waals surface area contributed by atoms with Crippen LogP contribution < -0.4 is 10.6 Å². The van der Waals surface area contributed by atoms with E-state index in [1.54, 1.807) is 13.0 Å². The highest BCUT2D eigenvalue weighted by atomic mass is 16.6. The van der Waals surface area contributed by atoms with E-state index in [2.05, 4.69) is 10.6 Å². The van der Waals surface area contributed by atoms with Crippen LogP contribution in [0.3, 0.4) is 0 Å². The number of rotatable bonds is 5. The lowest BCUT2D eigenvalue weighted by molar-refractivity contribution is -0.384. The average Bonchev–Trinajstić information content (AvgIpc) is 2.48. The van der Waals surface area contributed by atoms with Gasteiger partial charge in [0.2, 0.25) is 5.91 Å². The lowest BCUT2D eigenvalue weighted by Crippen LogP contribution is -2.36. The summed E-state index contributed by atoms with van der Waals surface area (Å²) >= 11 is 0. The van der Waals surface area contributed by atoms with Gasteiger partial charge in [0.1, 0.15) is 0 Å². The maximum absolute atomic E-state index is 12.1. The molecule has 1 aromatic rings. The number of nitrogens with one attached hydrogen (secondary N) is 2. The van der Waals surface area contributed by atoms with Crippen LogP contribution in [-0.2, 0) is 4.79 Å². The van der Waals surface area contributed by atoms with E-state index >= 15 is 0 Å². The Hall–Kier alpha value is -1.95. The number of carbonyl (C=O) groups excluding carboxylic acids is 1. The number of anilines is 1. The minimum absolute atomic E-state index is 0.0353. The second-order valence-electron chi connectivity index (χ2n) is 6.23. The van der Waals surface area contributed by atoms with Gasteiger partial charge in [0.15, 0.2) is 0 Å². The number of aryl methyl sites for hydroxylation is 1. The van der Waals surface area contributed by atoms with Gasteiger partial charge in [0, 0.05) is 23.9 Å². The predicted molar refractivity (Wildman–Crippen MR) is 90.6 cm³/mol. The van der Waals surface area contributed by atoms with Gasteiger partial charge in [-0.25, -0.2) is 0 Å². The summed E-state index contributed by atoms with van der Waals surface area (Å²) < 4.78 is 0. The molecule has 6 heteroatoms. The van der Waals surface area contributed by atoms with Crippen molar-refractivity contribution in [1.29, 1.82) is 0 Å². The van der Waals surface area contributed by atoms with Crippen molar-refractivity contribution >= 4 is 17.3 Å². The molecule has 0 bridgehead atoms. The van der Waals surface area contributed by atoms with Crippen molar-refractivity contribution in [3.05, 3.63) is 33.9 Å². The van der Waals surface area contributed by atoms with Crippen molar-refractivity contribution in [2.75, 3.05) is 11.9 Å². The number of nitrogens with zero attached hydrogens (tertiary/aromatic N) is 1. The van der Waals surface area contributed by atoms with Crippen LogP contribution in [0.5, 0.6) is 0 Å². The molecule has 1 saturated carbocycles. The number of non-ortho nitro benzene ring substituents is 1. The lowest BCUT2D eigenvalue weighted by atomic mass is 9.97. The summed E-state index contributed by atoms with van der Waals surface area (Å²) in [7, 11) is 0. The smallest absolute Gasteiger partial charge is 0.269 e. The van der Waals surface area contributed by atoms with Gasteiger partial charge >= 0.3 is 0 Å². The molecule has 0 spiro atoms. The molecule has 126 valence electrons. The van der Waals surface area contributed by atoms with Gasteiger partial charge < -0.3 is 10.6 Å². The third kappa shape index (κ3) is 5.63. The van der Waals surface area contributed by atoms with Crippen LogP contribution in [0.1, 0.15) is 50.5 Å². The number of benzene rings is 1. The average molecular weight is 319 g/mol. The number of amides is 1. The van der Waals surface area contributed by atoms with Crippen LogP contribution in [0.2, 0.25) is 0 Å². The quantitative estimate of drug-likeness (QED) is 0.642. The molecule has 1 fully saturated rings. The van der Waals surface area contributed by atoms with Gasteiger partial charge in [-0.1, -0.05) is 32.1 Å². The monoisotopic (exact) mass is 319 g/mol. The second kappa shape index (κ2) is 8.62. The van der Waals surface area contributed by atoms with E-state index in [1.165, 1.54) is 44.2 Å². The van der Waals surface area contributed by atoms with Crippen molar-refractivity contribution < 1.29 is 9.72 Å². The number of nitro benzene ring substituents is 1. The van der Waals surface area contributed by atoms with Crippen LogP contribution in [-0.4, -0.2) is 23.4 Å². The maximum atomic E-state index is 12.1. The maximum Gasteiger partial charge on any atom is 0.269 e. The summed E-state index contributed by atoms with van der Waals surface area (Å²) in [5.41, 5.74) is 1.35. The third-order valence-electron chi connectivity index (χ3n) is 4.35. The SMILES string of the molecule is Cc1cc([N+](=O)[O-])ccc1NC(=O)CNC1CCCCCCC1. The third-order valence-corrected chi connectivity index (χ3v) is 4.35. The molecule has 2 N–H and O–H groups in total. The first kappa shape index (κ1) is 17.4. The lowest BCUT2D eigenvalue weighted by Gasteiger charge is -2.21. The summed E-state index contributed by atoms with van der Waals surface area (Å²) in [6, 6.07) is 4.88. The molecule has 0 heterocycles. The van der Waals surface area contributed by atoms with E-state index in [0.717, 1.165) is 12.8 Å². The molecule has 0 aliphatic heterocycles. The molecule has 23 heavy (non-hydrogen) atoms. The number of nitro groups is 1. The first-order chi connectivity index (χ1) is 11.1. The van der Waals surface area contributed by atoms with Crippen molar-refractivity contribution in [3.63, 3.8) is 0 Å². The Morgan fingerprint density at radius 3 is 2.48 bits per heavy atom. The zero-order chi connectivity index (χ0) is 16.7. The Morgan fingerprint density at radius 2 is 1.87 bits per heavy atom. The topological polar surface area (TPSA) is 84.3 Å². The summed E-state index contributed by atoms with van der Waals surface area (Å²) in [6.45, 7) is 2.03. The molecule has 1 aliphatic rings. The standard InChI is InChI=1S/C17H25N3O3/c1-13-11-15(20(22)23)9-10-16(13)19-17(21)12-18-14-7-5-3-2-4-6-8-14/h9-11,14,18H,2-8,12H2,1H3,(H,19,21). The summed E-state index contributed by atoms with van der Waals surface area (Å²) in [6.07, 6.45) is 8.60. The van der Waals surface area contributed by atoms with E-state index in [9.17, 15) is 14.9 Å². The van der Waals surface area contributed by atoms with Crippen LogP contribution in [0.25, 0.3) is 0 Å². The fraction of sp³-hybridized carbons (Fsp3) is 0.588. The molecular formula is C17H25N3O3. The Labute approximate surface area is 136 Å². The largest absolute Gasteiger partial charge is 0.325 e. The normalized spacial score (nSPS) is 16.4. The minimum atomic E-state index is -0.436. The molecule has 6 nitrogen and oxygen atoms in total. The fourth-order valence-electron chi connectivity index (χ4n) is 2.99. The van der Waals surface area contributed by atoms with Gasteiger partial charge in [-0.2, -0.15) is 0 Å². The molecule has 0 saturated heterocycles. The Morgan fingerprint density at radius 1 is 1.22 bits per heavy atom. The molecule has 0 radical (unpaired) electrons. The van der Waals surface area contributed by atoms with E-state index in [4.69, 9.17) is 0 Å². The molecular weight excluding hydrogens is 294 g/mol. The fourth-order valence-corrected chi connectivity index (χ4v) is 2.99. The molecule has 0 unspecified atom stereocenters. The van der Waals surface area contributed by atoms with Crippen molar-refractivity contribution in [2.24, 2.45) is 0 Å². The van der Waals surface area contributed by atoms with Crippen molar-refractivity contribution in [2.45, 2.75) is 57.9 Å². The van der Waals surface area contributed by atoms with Gasteiger partial charge in [-0.3, -0.25) is 14.9 Å². The highest BCUT2D eigenvalue weighted by molar-refractivity contribution is 5.93. The molecule has 2 rings (SSSR count). The predicted octanol–water partition coefficient (Wildman–Crippen LogP) is 3.54. The van der Waals surface area contributed by atoms with Gasteiger partial charge in [0.25, 0.3) is 5.69 Å². The Kier molecular flexibility index (Phi) is 6.52. The highest BCUT2D eigenvalue weighted by Gasteiger charge is 2.14. The molecule has 1 amide bonds. The number of hydrogen-bond donors (Lipinski definition) is 2. The highest BCUT2D eigenvalue weighted by Crippen LogP contribution is 2.21. The number of carbonyl (C=O) groups is 1. The molecule has 0 aromatic heterocycles. The van der Waals surface area contributed by atoms with E-state index in [0.29, 0.717) is 17.3 Å². The minimum Gasteiger partial charge on any atom is -0.325 e. The van der Waals surface area contributed by atoms with Gasteiger partial charge in [-0.15, -0.1) is 0 Å². The zero-order valence-electron chi connectivity index (χ0n) is 13.6. The van der Waals surface area contributed by atoms with Gasteiger partial charge in [0.05, 0.1) is 11.5 Å². The van der Waals surface area contributed by atoms with E-state index in [1.807, 2.05) is 0 Å². The zero-order valence-corrected chi connectivity index (χ0v) is 13.6. The molecule has 0 atom stereocenters. The number of hydrogen-bond acceptors (Lipinski definition) is 4. The van der Waals surface area contributed by atoms with E-state index < -0.39 is 4.92 Å². The molecule has 1 aromatic carbocycles. The Bertz CT molecular complexity index is 552. The summed E-state index contributed by atoms with van der Waals surface area (Å²) in [5.74, 6) is -0.107. The summed E-state index contributed by atoms with van der Waals surface area (Å²) in [5, 5.41) is 16.9. The van der Waals surface area contributed by atoms with Gasteiger partial charge in [-0.05, 0) is 31.4 Å². The second-order valence-corrected chi connectivity index (χ2v) is 6.23. The first-order valence-electron chi connectivity index (χ1n) is 8.34. The van der Waals surface area contributed by atoms with Crippen LogP contribution >= 0.6 is 0 Å². The van der Waals surface area contributed by atoms with Crippen LogP contribution in [0.4, 0.5) is 11.4 Å². The summed E-state index contributed by atoms with van der Waals surface area (Å²) in [4.78, 5) is 22.4. The van der Waals surface area contributed by atoms with Crippen LogP contribution in [0.15, 0.2) is 18.2 Å². The molecule has 1 aliphatic carbocycles. The van der Waals surface area contributed by atoms with Crippen LogP contribution in [0, 0.1) is 17.0 Å².